The molecular weight excluding hydrogens is 344 g/mol. The average Bonchev–Trinajstić information content (AvgIpc) is 2.33. The molecule has 0 unspecified atom stereocenters. The predicted octanol–water partition coefficient (Wildman–Crippen LogP) is 4.55. The molecule has 0 atom stereocenters. The Balaban J connectivity index is 2.14. The van der Waals surface area contributed by atoms with Gasteiger partial charge in [0.15, 0.2) is 0 Å². The highest BCUT2D eigenvalue weighted by molar-refractivity contribution is 9.11. The fraction of sp³-hybridized carbons (Fsp3) is 0.462. The molecule has 2 nitrogen and oxygen atoms in total. The molecule has 2 N–H and O–H groups in total. The van der Waals surface area contributed by atoms with Crippen molar-refractivity contribution in [3.8, 4) is 0 Å². The number of nitrogens with two attached hydrogens (primary N) is 1. The van der Waals surface area contributed by atoms with Crippen LogP contribution in [0.3, 0.4) is 0 Å². The Morgan fingerprint density at radius 1 is 1.18 bits per heavy atom. The molecule has 0 spiro atoms. The first-order chi connectivity index (χ1) is 8.16. The molecular formula is C13H16Br2N2. The van der Waals surface area contributed by atoms with E-state index < -0.39 is 0 Å². The van der Waals surface area contributed by atoms with Gasteiger partial charge in [0.1, 0.15) is 0 Å². The number of hydrogen-bond donors (Lipinski definition) is 1. The third kappa shape index (κ3) is 3.55. The summed E-state index contributed by atoms with van der Waals surface area (Å²) in [6.45, 7) is 0. The molecule has 2 rings (SSSR count). The van der Waals surface area contributed by atoms with Crippen LogP contribution in [0.1, 0.15) is 37.7 Å². The van der Waals surface area contributed by atoms with E-state index in [0.717, 1.165) is 20.2 Å². The van der Waals surface area contributed by atoms with Crippen LogP contribution in [0.4, 0.5) is 5.69 Å². The molecule has 1 fully saturated rings. The summed E-state index contributed by atoms with van der Waals surface area (Å²) in [6, 6.07) is 4.44. The first kappa shape index (κ1) is 13.1. The van der Waals surface area contributed by atoms with Crippen LogP contribution in [0.25, 0.3) is 0 Å². The van der Waals surface area contributed by atoms with Crippen LogP contribution >= 0.6 is 31.9 Å². The van der Waals surface area contributed by atoms with E-state index in [-0.39, 0.29) is 0 Å². The van der Waals surface area contributed by atoms with Crippen LogP contribution in [0, 0.1) is 0 Å². The van der Waals surface area contributed by atoms with Gasteiger partial charge in [0.2, 0.25) is 0 Å². The van der Waals surface area contributed by atoms with Gasteiger partial charge >= 0.3 is 0 Å². The largest absolute Gasteiger partial charge is 0.397 e. The molecule has 1 aromatic carbocycles. The van der Waals surface area contributed by atoms with Gasteiger partial charge < -0.3 is 5.73 Å². The number of anilines is 1. The van der Waals surface area contributed by atoms with Crippen LogP contribution in [-0.2, 0) is 0 Å². The van der Waals surface area contributed by atoms with Crippen molar-refractivity contribution in [2.24, 2.45) is 4.99 Å². The summed E-state index contributed by atoms with van der Waals surface area (Å²) in [5, 5.41) is 0. The molecule has 1 aromatic rings. The number of nitrogens with zero attached hydrogens (tertiary/aromatic N) is 1. The summed E-state index contributed by atoms with van der Waals surface area (Å²) in [5.74, 6) is 0. The molecule has 0 amide bonds. The van der Waals surface area contributed by atoms with E-state index in [2.05, 4.69) is 36.9 Å². The normalized spacial score (nSPS) is 17.8. The lowest BCUT2D eigenvalue weighted by molar-refractivity contribution is 0.444. The van der Waals surface area contributed by atoms with Crippen molar-refractivity contribution in [1.29, 1.82) is 0 Å². The second kappa shape index (κ2) is 6.01. The Kier molecular flexibility index (Phi) is 4.62. The maximum absolute atomic E-state index is 6.01. The number of rotatable bonds is 2. The maximum Gasteiger partial charge on any atom is 0.0548 e. The molecule has 0 aliphatic heterocycles. The van der Waals surface area contributed by atoms with Gasteiger partial charge in [-0.3, -0.25) is 4.99 Å². The summed E-state index contributed by atoms with van der Waals surface area (Å²) in [5.41, 5.74) is 7.75. The van der Waals surface area contributed by atoms with Gasteiger partial charge in [-0.25, -0.2) is 0 Å². The molecule has 1 aliphatic carbocycles. The Morgan fingerprint density at radius 2 is 1.88 bits per heavy atom. The van der Waals surface area contributed by atoms with Crippen molar-refractivity contribution >= 4 is 43.8 Å². The van der Waals surface area contributed by atoms with Gasteiger partial charge in [-0.05, 0) is 40.9 Å². The number of benzene rings is 1. The summed E-state index contributed by atoms with van der Waals surface area (Å²) < 4.78 is 1.93. The molecule has 0 heterocycles. The number of aliphatic imine (C=N–C) groups is 1. The fourth-order valence-corrected chi connectivity index (χ4v) is 3.39. The number of hydrogen-bond acceptors (Lipinski definition) is 2. The van der Waals surface area contributed by atoms with Crippen LogP contribution in [0.15, 0.2) is 26.1 Å². The van der Waals surface area contributed by atoms with Gasteiger partial charge in [-0.15, -0.1) is 0 Å². The van der Waals surface area contributed by atoms with Crippen LogP contribution in [0.5, 0.6) is 0 Å². The third-order valence-corrected chi connectivity index (χ3v) is 4.24. The Bertz CT molecular complexity index is 424. The zero-order chi connectivity index (χ0) is 12.3. The highest BCUT2D eigenvalue weighted by atomic mass is 79.9. The maximum atomic E-state index is 6.01. The van der Waals surface area contributed by atoms with Crippen molar-refractivity contribution in [2.45, 2.75) is 38.1 Å². The van der Waals surface area contributed by atoms with Crippen molar-refractivity contribution in [2.75, 3.05) is 5.73 Å². The van der Waals surface area contributed by atoms with E-state index in [1.54, 1.807) is 0 Å². The fourth-order valence-electron chi connectivity index (χ4n) is 2.13. The topological polar surface area (TPSA) is 38.4 Å². The second-order valence-corrected chi connectivity index (χ2v) is 6.23. The standard InChI is InChI=1S/C13H16Br2N2/c14-10-6-9(13(16)12(15)7-10)8-17-11-4-2-1-3-5-11/h6-8,11H,1-5,16H2. The minimum Gasteiger partial charge on any atom is -0.397 e. The van der Waals surface area contributed by atoms with E-state index in [1.807, 2.05) is 18.3 Å². The SMILES string of the molecule is Nc1c(Br)cc(Br)cc1C=NC1CCCCC1. The summed E-state index contributed by atoms with van der Waals surface area (Å²) in [4.78, 5) is 4.65. The van der Waals surface area contributed by atoms with E-state index in [4.69, 9.17) is 5.73 Å². The highest BCUT2D eigenvalue weighted by Crippen LogP contribution is 2.27. The van der Waals surface area contributed by atoms with Gasteiger partial charge in [0.05, 0.1) is 5.69 Å². The van der Waals surface area contributed by atoms with Crippen molar-refractivity contribution in [1.82, 2.24) is 0 Å². The van der Waals surface area contributed by atoms with Crippen molar-refractivity contribution in [3.05, 3.63) is 26.6 Å². The molecule has 0 aromatic heterocycles. The number of halogens is 2. The second-order valence-electron chi connectivity index (χ2n) is 4.46. The van der Waals surface area contributed by atoms with E-state index in [9.17, 15) is 0 Å². The first-order valence-electron chi connectivity index (χ1n) is 5.94. The molecule has 92 valence electrons. The van der Waals surface area contributed by atoms with Gasteiger partial charge in [-0.1, -0.05) is 35.2 Å². The lowest BCUT2D eigenvalue weighted by Crippen LogP contribution is -2.10. The average molecular weight is 360 g/mol. The summed E-state index contributed by atoms with van der Waals surface area (Å²) >= 11 is 6.91. The molecule has 0 bridgehead atoms. The molecule has 0 radical (unpaired) electrons. The Morgan fingerprint density at radius 3 is 2.59 bits per heavy atom. The monoisotopic (exact) mass is 358 g/mol. The summed E-state index contributed by atoms with van der Waals surface area (Å²) in [7, 11) is 0. The van der Waals surface area contributed by atoms with E-state index in [1.165, 1.54) is 32.1 Å². The van der Waals surface area contributed by atoms with Gasteiger partial charge in [-0.2, -0.15) is 0 Å². The quantitative estimate of drug-likeness (QED) is 0.610. The molecule has 4 heteroatoms. The van der Waals surface area contributed by atoms with Crippen molar-refractivity contribution < 1.29 is 0 Å². The van der Waals surface area contributed by atoms with Crippen LogP contribution < -0.4 is 5.73 Å². The molecule has 1 aliphatic rings. The molecule has 0 saturated heterocycles. The first-order valence-corrected chi connectivity index (χ1v) is 7.53. The lowest BCUT2D eigenvalue weighted by Gasteiger charge is -2.17. The minimum atomic E-state index is 0.487. The van der Waals surface area contributed by atoms with E-state index >= 15 is 0 Å². The highest BCUT2D eigenvalue weighted by Gasteiger charge is 2.11. The number of nitrogen functional groups attached to an aromatic ring is 1. The van der Waals surface area contributed by atoms with E-state index in [0.29, 0.717) is 6.04 Å². The summed E-state index contributed by atoms with van der Waals surface area (Å²) in [6.07, 6.45) is 8.31. The smallest absolute Gasteiger partial charge is 0.0548 e. The van der Waals surface area contributed by atoms with Crippen molar-refractivity contribution in [3.63, 3.8) is 0 Å². The lowest BCUT2D eigenvalue weighted by atomic mass is 9.96. The van der Waals surface area contributed by atoms with Gasteiger partial charge in [0, 0.05) is 26.8 Å². The predicted molar refractivity (Wildman–Crippen MR) is 80.7 cm³/mol. The van der Waals surface area contributed by atoms with Gasteiger partial charge in [0.25, 0.3) is 0 Å². The third-order valence-electron chi connectivity index (χ3n) is 3.13. The zero-order valence-corrected chi connectivity index (χ0v) is 12.8. The minimum absolute atomic E-state index is 0.487. The molecule has 17 heavy (non-hydrogen) atoms. The molecule has 1 saturated carbocycles. The Labute approximate surface area is 119 Å². The zero-order valence-electron chi connectivity index (χ0n) is 9.63. The Hall–Kier alpha value is -0.350. The van der Waals surface area contributed by atoms with Crippen LogP contribution in [-0.4, -0.2) is 12.3 Å². The van der Waals surface area contributed by atoms with Crippen LogP contribution in [0.2, 0.25) is 0 Å².